The summed E-state index contributed by atoms with van der Waals surface area (Å²) in [6.07, 6.45) is 0. The van der Waals surface area contributed by atoms with Crippen LogP contribution in [0.5, 0.6) is 0 Å². The largest absolute Gasteiger partial charge is 2.00 e. The standard InChI is InChI=1S/2C4H11Si.Pd/c2*1-5(2,3)4;/h2*1H2,2-4H3;/q2*-1;+2. The average molecular weight is 281 g/mol. The zero-order valence-electron chi connectivity index (χ0n) is 8.73. The van der Waals surface area contributed by atoms with Gasteiger partial charge < -0.3 is 13.1 Å². The predicted molar refractivity (Wildman–Crippen MR) is 57.4 cm³/mol. The molecule has 0 atom stereocenters. The fourth-order valence-electron chi connectivity index (χ4n) is 0. The first kappa shape index (κ1) is 18.0. The minimum atomic E-state index is -0.861. The summed E-state index contributed by atoms with van der Waals surface area (Å²) in [4.78, 5) is 0. The molecule has 0 radical (unpaired) electrons. The van der Waals surface area contributed by atoms with Gasteiger partial charge in [0, 0.05) is 0 Å². The first-order chi connectivity index (χ1) is 4.00. The molecule has 0 fully saturated rings. The zero-order valence-corrected chi connectivity index (χ0v) is 12.3. The molecule has 0 aliphatic rings. The van der Waals surface area contributed by atoms with Crippen LogP contribution in [-0.4, -0.2) is 16.1 Å². The van der Waals surface area contributed by atoms with Crippen LogP contribution in [0.15, 0.2) is 0 Å². The second-order valence-electron chi connectivity index (χ2n) is 5.12. The SMILES string of the molecule is [CH2-][Si](C)(C)C.[CH2-][Si](C)(C)C.[Pd+2]. The molecule has 0 aromatic heterocycles. The molecule has 11 heavy (non-hydrogen) atoms. The Morgan fingerprint density at radius 3 is 0.636 bits per heavy atom. The molecule has 0 unspecified atom stereocenters. The van der Waals surface area contributed by atoms with Gasteiger partial charge in [0.2, 0.25) is 0 Å². The van der Waals surface area contributed by atoms with Crippen LogP contribution in [0, 0.1) is 13.1 Å². The normalized spacial score (nSPS) is 10.9. The van der Waals surface area contributed by atoms with Gasteiger partial charge in [-0.25, -0.2) is 0 Å². The summed E-state index contributed by atoms with van der Waals surface area (Å²) in [5, 5.41) is 0. The monoisotopic (exact) mass is 280 g/mol. The van der Waals surface area contributed by atoms with Crippen LogP contribution in [0.4, 0.5) is 0 Å². The van der Waals surface area contributed by atoms with E-state index in [9.17, 15) is 0 Å². The van der Waals surface area contributed by atoms with Gasteiger partial charge >= 0.3 is 20.4 Å². The van der Waals surface area contributed by atoms with Crippen molar-refractivity contribution in [1.29, 1.82) is 0 Å². The Hall–Kier alpha value is 1.10. The Labute approximate surface area is 88.8 Å². The molecule has 0 aliphatic carbocycles. The molecule has 0 aromatic rings. The molecule has 0 heterocycles. The van der Waals surface area contributed by atoms with Crippen LogP contribution in [-0.2, 0) is 20.4 Å². The maximum absolute atomic E-state index is 3.91. The second-order valence-corrected chi connectivity index (χ2v) is 15.4. The molecule has 0 spiro atoms. The van der Waals surface area contributed by atoms with E-state index < -0.39 is 16.1 Å². The van der Waals surface area contributed by atoms with Crippen LogP contribution in [0.3, 0.4) is 0 Å². The van der Waals surface area contributed by atoms with E-state index in [1.807, 2.05) is 0 Å². The van der Waals surface area contributed by atoms with Crippen molar-refractivity contribution in [3.63, 3.8) is 0 Å². The van der Waals surface area contributed by atoms with E-state index in [4.69, 9.17) is 0 Å². The zero-order chi connectivity index (χ0) is 9.00. The Kier molecular flexibility index (Phi) is 10.8. The molecule has 0 rings (SSSR count). The van der Waals surface area contributed by atoms with E-state index >= 15 is 0 Å². The first-order valence-corrected chi connectivity index (χ1v) is 11.1. The van der Waals surface area contributed by atoms with Crippen molar-refractivity contribution in [2.24, 2.45) is 0 Å². The van der Waals surface area contributed by atoms with Crippen LogP contribution in [0.25, 0.3) is 0 Å². The van der Waals surface area contributed by atoms with E-state index in [2.05, 4.69) is 52.4 Å². The van der Waals surface area contributed by atoms with Crippen molar-refractivity contribution >= 4 is 16.1 Å². The van der Waals surface area contributed by atoms with Gasteiger partial charge in [-0.2, -0.15) is 0 Å². The molecule has 3 heteroatoms. The number of rotatable bonds is 0. The van der Waals surface area contributed by atoms with Crippen molar-refractivity contribution in [2.75, 3.05) is 0 Å². The summed E-state index contributed by atoms with van der Waals surface area (Å²) in [7, 11) is -1.72. The molecular weight excluding hydrogens is 259 g/mol. The summed E-state index contributed by atoms with van der Waals surface area (Å²) in [6.45, 7) is 21.1. The van der Waals surface area contributed by atoms with Gasteiger partial charge in [-0.1, -0.05) is 39.3 Å². The molecule has 0 amide bonds. The van der Waals surface area contributed by atoms with Gasteiger partial charge in [0.25, 0.3) is 0 Å². The molecule has 0 saturated heterocycles. The maximum Gasteiger partial charge on any atom is 2.00 e. The fraction of sp³-hybridized carbons (Fsp3) is 0.750. The van der Waals surface area contributed by atoms with E-state index in [1.165, 1.54) is 0 Å². The third-order valence-corrected chi connectivity index (χ3v) is 0. The molecule has 0 aliphatic heterocycles. The maximum atomic E-state index is 3.91. The molecule has 72 valence electrons. The third kappa shape index (κ3) is 764. The average Bonchev–Trinajstić information content (AvgIpc) is 1.12. The van der Waals surface area contributed by atoms with Gasteiger partial charge in [-0.05, 0) is 0 Å². The van der Waals surface area contributed by atoms with Gasteiger partial charge in [0.05, 0.1) is 0 Å². The Balaban J connectivity index is -0.000000107. The Morgan fingerprint density at radius 2 is 0.636 bits per heavy atom. The summed E-state index contributed by atoms with van der Waals surface area (Å²) in [6, 6.07) is 0. The Bertz CT molecular complexity index is 55.1. The van der Waals surface area contributed by atoms with Gasteiger partial charge in [0.1, 0.15) is 0 Å². The molecule has 0 bridgehead atoms. The van der Waals surface area contributed by atoms with Crippen LogP contribution in [0.1, 0.15) is 0 Å². The van der Waals surface area contributed by atoms with E-state index in [0.29, 0.717) is 0 Å². The summed E-state index contributed by atoms with van der Waals surface area (Å²) >= 11 is 0. The minimum absolute atomic E-state index is 0. The van der Waals surface area contributed by atoms with E-state index in [1.54, 1.807) is 0 Å². The summed E-state index contributed by atoms with van der Waals surface area (Å²) < 4.78 is 0. The Morgan fingerprint density at radius 1 is 0.636 bits per heavy atom. The number of hydrogen-bond donors (Lipinski definition) is 0. The molecule has 0 aromatic carbocycles. The quantitative estimate of drug-likeness (QED) is 0.471. The molecular formula is C8H22PdSi2. The summed E-state index contributed by atoms with van der Waals surface area (Å²) in [5.74, 6) is 0. The topological polar surface area (TPSA) is 0 Å². The second kappa shape index (κ2) is 6.59. The van der Waals surface area contributed by atoms with E-state index in [-0.39, 0.29) is 20.4 Å². The summed E-state index contributed by atoms with van der Waals surface area (Å²) in [5.41, 5.74) is 0. The third-order valence-electron chi connectivity index (χ3n) is 0. The smallest absolute Gasteiger partial charge is 0.342 e. The van der Waals surface area contributed by atoms with Crippen molar-refractivity contribution in [1.82, 2.24) is 0 Å². The van der Waals surface area contributed by atoms with Crippen molar-refractivity contribution in [2.45, 2.75) is 39.3 Å². The minimum Gasteiger partial charge on any atom is -0.342 e. The number of hydrogen-bond acceptors (Lipinski definition) is 0. The van der Waals surface area contributed by atoms with Gasteiger partial charge in [-0.3, -0.25) is 0 Å². The van der Waals surface area contributed by atoms with Crippen LogP contribution >= 0.6 is 0 Å². The van der Waals surface area contributed by atoms with Gasteiger partial charge in [0.15, 0.2) is 0 Å². The molecule has 0 nitrogen and oxygen atoms in total. The van der Waals surface area contributed by atoms with Crippen molar-refractivity contribution in [3.8, 4) is 0 Å². The first-order valence-electron chi connectivity index (χ1n) is 3.71. The predicted octanol–water partition coefficient (Wildman–Crippen LogP) is 3.39. The van der Waals surface area contributed by atoms with Crippen molar-refractivity contribution < 1.29 is 20.4 Å². The fourth-order valence-corrected chi connectivity index (χ4v) is 0. The molecule has 0 saturated carbocycles. The van der Waals surface area contributed by atoms with Crippen molar-refractivity contribution in [3.05, 3.63) is 13.1 Å². The van der Waals surface area contributed by atoms with Crippen LogP contribution < -0.4 is 0 Å². The molecule has 0 N–H and O–H groups in total. The van der Waals surface area contributed by atoms with Gasteiger partial charge in [-0.15, -0.1) is 16.1 Å². The van der Waals surface area contributed by atoms with Crippen LogP contribution in [0.2, 0.25) is 39.3 Å². The van der Waals surface area contributed by atoms with E-state index in [0.717, 1.165) is 0 Å².